The molecule has 0 saturated heterocycles. The van der Waals surface area contributed by atoms with Crippen molar-refractivity contribution in [3.05, 3.63) is 23.8 Å². The Kier molecular flexibility index (Phi) is 4.20. The van der Waals surface area contributed by atoms with Crippen LogP contribution in [-0.2, 0) is 11.2 Å². The zero-order valence-corrected chi connectivity index (χ0v) is 10.7. The Labute approximate surface area is 107 Å². The van der Waals surface area contributed by atoms with E-state index in [1.807, 2.05) is 18.2 Å². The zero-order valence-electron chi connectivity index (χ0n) is 10.7. The molecular weight excluding hydrogens is 230 g/mol. The van der Waals surface area contributed by atoms with Crippen LogP contribution in [0.1, 0.15) is 24.8 Å². The lowest BCUT2D eigenvalue weighted by molar-refractivity contribution is -0.118. The minimum atomic E-state index is 0.0285. The molecule has 0 atom stereocenters. The number of nitrogens with zero attached hydrogens (tertiary/aromatic N) is 1. The number of hydrogen-bond donors (Lipinski definition) is 1. The van der Waals surface area contributed by atoms with E-state index in [9.17, 15) is 4.79 Å². The van der Waals surface area contributed by atoms with Crippen LogP contribution in [0, 0.1) is 0 Å². The van der Waals surface area contributed by atoms with E-state index in [1.54, 1.807) is 11.9 Å². The summed E-state index contributed by atoms with van der Waals surface area (Å²) in [7, 11) is 1.77. The Morgan fingerprint density at radius 2 is 2.33 bits per heavy atom. The van der Waals surface area contributed by atoms with Crippen LogP contribution in [0.4, 0.5) is 5.69 Å². The standard InChI is InChI=1S/C14H19NO3/c1-15(14(17)5-2-8-16)12-6-7-13-11(10-12)4-3-9-18-13/h6-7,10,16H,2-5,8-9H2,1H3. The SMILES string of the molecule is CN(C(=O)CCCO)c1ccc2c(c1)CCCO2. The van der Waals surface area contributed by atoms with E-state index in [-0.39, 0.29) is 12.5 Å². The summed E-state index contributed by atoms with van der Waals surface area (Å²) in [5.74, 6) is 0.960. The second-order valence-electron chi connectivity index (χ2n) is 4.52. The molecule has 1 aromatic rings. The number of hydrogen-bond acceptors (Lipinski definition) is 3. The Hall–Kier alpha value is -1.55. The molecule has 4 nitrogen and oxygen atoms in total. The maximum Gasteiger partial charge on any atom is 0.226 e. The van der Waals surface area contributed by atoms with Crippen LogP contribution in [0.15, 0.2) is 18.2 Å². The van der Waals surface area contributed by atoms with Crippen molar-refractivity contribution in [3.63, 3.8) is 0 Å². The average molecular weight is 249 g/mol. The van der Waals surface area contributed by atoms with Gasteiger partial charge in [-0.15, -0.1) is 0 Å². The molecule has 0 spiro atoms. The molecule has 1 aliphatic rings. The van der Waals surface area contributed by atoms with E-state index in [0.717, 1.165) is 30.9 Å². The summed E-state index contributed by atoms with van der Waals surface area (Å²) in [5.41, 5.74) is 2.06. The van der Waals surface area contributed by atoms with Gasteiger partial charge in [-0.05, 0) is 43.0 Å². The molecule has 0 saturated carbocycles. The van der Waals surface area contributed by atoms with E-state index in [4.69, 9.17) is 9.84 Å². The van der Waals surface area contributed by atoms with Gasteiger partial charge in [-0.1, -0.05) is 0 Å². The molecule has 18 heavy (non-hydrogen) atoms. The second-order valence-corrected chi connectivity index (χ2v) is 4.52. The number of aryl methyl sites for hydroxylation is 1. The van der Waals surface area contributed by atoms with Crippen LogP contribution in [-0.4, -0.2) is 31.3 Å². The first-order valence-corrected chi connectivity index (χ1v) is 6.35. The normalized spacial score (nSPS) is 13.7. The van der Waals surface area contributed by atoms with Gasteiger partial charge in [0.25, 0.3) is 0 Å². The predicted molar refractivity (Wildman–Crippen MR) is 70.0 cm³/mol. The van der Waals surface area contributed by atoms with Crippen molar-refractivity contribution in [1.82, 2.24) is 0 Å². The van der Waals surface area contributed by atoms with Gasteiger partial charge in [0.1, 0.15) is 5.75 Å². The highest BCUT2D eigenvalue weighted by Crippen LogP contribution is 2.29. The first-order chi connectivity index (χ1) is 8.72. The first-order valence-electron chi connectivity index (χ1n) is 6.35. The highest BCUT2D eigenvalue weighted by Gasteiger charge is 2.15. The fraction of sp³-hybridized carbons (Fsp3) is 0.500. The number of carbonyl (C=O) groups excluding carboxylic acids is 1. The van der Waals surface area contributed by atoms with Gasteiger partial charge in [0.15, 0.2) is 0 Å². The van der Waals surface area contributed by atoms with Gasteiger partial charge in [-0.3, -0.25) is 4.79 Å². The van der Waals surface area contributed by atoms with Crippen LogP contribution in [0.25, 0.3) is 0 Å². The highest BCUT2D eigenvalue weighted by atomic mass is 16.5. The topological polar surface area (TPSA) is 49.8 Å². The van der Waals surface area contributed by atoms with E-state index in [2.05, 4.69) is 0 Å². The van der Waals surface area contributed by atoms with Crippen LogP contribution >= 0.6 is 0 Å². The molecule has 2 rings (SSSR count). The van der Waals surface area contributed by atoms with E-state index < -0.39 is 0 Å². The fourth-order valence-electron chi connectivity index (χ4n) is 2.10. The van der Waals surface area contributed by atoms with Crippen LogP contribution in [0.5, 0.6) is 5.75 Å². The Balaban J connectivity index is 2.10. The molecule has 0 aromatic heterocycles. The quantitative estimate of drug-likeness (QED) is 0.884. The summed E-state index contributed by atoms with van der Waals surface area (Å²) in [6.07, 6.45) is 2.91. The molecule has 0 radical (unpaired) electrons. The fourth-order valence-corrected chi connectivity index (χ4v) is 2.10. The molecule has 98 valence electrons. The lowest BCUT2D eigenvalue weighted by Crippen LogP contribution is -2.26. The first kappa shape index (κ1) is 12.9. The third kappa shape index (κ3) is 2.82. The minimum absolute atomic E-state index is 0.0285. The Morgan fingerprint density at radius 1 is 1.50 bits per heavy atom. The van der Waals surface area contributed by atoms with Crippen molar-refractivity contribution in [2.45, 2.75) is 25.7 Å². The molecule has 1 aliphatic heterocycles. The number of aliphatic hydroxyl groups is 1. The van der Waals surface area contributed by atoms with E-state index in [0.29, 0.717) is 12.8 Å². The van der Waals surface area contributed by atoms with E-state index >= 15 is 0 Å². The van der Waals surface area contributed by atoms with Crippen LogP contribution in [0.2, 0.25) is 0 Å². The lowest BCUT2D eigenvalue weighted by atomic mass is 10.1. The number of fused-ring (bicyclic) bond motifs is 1. The summed E-state index contributed by atoms with van der Waals surface area (Å²) in [6.45, 7) is 0.829. The monoisotopic (exact) mass is 249 g/mol. The predicted octanol–water partition coefficient (Wildman–Crippen LogP) is 1.75. The van der Waals surface area contributed by atoms with Crippen molar-refractivity contribution in [3.8, 4) is 5.75 Å². The molecule has 4 heteroatoms. The molecule has 1 amide bonds. The molecule has 0 unspecified atom stereocenters. The van der Waals surface area contributed by atoms with Gasteiger partial charge in [0, 0.05) is 25.8 Å². The number of rotatable bonds is 4. The van der Waals surface area contributed by atoms with Crippen molar-refractivity contribution < 1.29 is 14.6 Å². The van der Waals surface area contributed by atoms with Gasteiger partial charge in [0.2, 0.25) is 5.91 Å². The van der Waals surface area contributed by atoms with Crippen molar-refractivity contribution in [2.75, 3.05) is 25.2 Å². The van der Waals surface area contributed by atoms with Crippen molar-refractivity contribution in [2.24, 2.45) is 0 Å². The molecular formula is C14H19NO3. The average Bonchev–Trinajstić information content (AvgIpc) is 2.43. The second kappa shape index (κ2) is 5.87. The molecule has 0 aliphatic carbocycles. The van der Waals surface area contributed by atoms with Crippen LogP contribution in [0.3, 0.4) is 0 Å². The summed E-state index contributed by atoms with van der Waals surface area (Å²) >= 11 is 0. The molecule has 1 N–H and O–H groups in total. The van der Waals surface area contributed by atoms with Gasteiger partial charge in [-0.2, -0.15) is 0 Å². The maximum atomic E-state index is 11.9. The lowest BCUT2D eigenvalue weighted by Gasteiger charge is -2.22. The zero-order chi connectivity index (χ0) is 13.0. The number of aliphatic hydroxyl groups excluding tert-OH is 1. The largest absolute Gasteiger partial charge is 0.493 e. The third-order valence-electron chi connectivity index (χ3n) is 3.20. The minimum Gasteiger partial charge on any atom is -0.493 e. The van der Waals surface area contributed by atoms with Gasteiger partial charge < -0.3 is 14.7 Å². The smallest absolute Gasteiger partial charge is 0.226 e. The number of amides is 1. The third-order valence-corrected chi connectivity index (χ3v) is 3.20. The summed E-state index contributed by atoms with van der Waals surface area (Å²) in [4.78, 5) is 13.5. The van der Waals surface area contributed by atoms with Gasteiger partial charge in [0.05, 0.1) is 6.61 Å². The number of ether oxygens (including phenoxy) is 1. The molecule has 1 aromatic carbocycles. The Morgan fingerprint density at radius 3 is 3.11 bits per heavy atom. The van der Waals surface area contributed by atoms with Crippen molar-refractivity contribution in [1.29, 1.82) is 0 Å². The summed E-state index contributed by atoms with van der Waals surface area (Å²) in [5, 5.41) is 8.74. The Bertz CT molecular complexity index is 431. The number of benzene rings is 1. The number of anilines is 1. The molecule has 0 bridgehead atoms. The summed E-state index contributed by atoms with van der Waals surface area (Å²) in [6, 6.07) is 5.85. The van der Waals surface area contributed by atoms with E-state index in [1.165, 1.54) is 5.56 Å². The highest BCUT2D eigenvalue weighted by molar-refractivity contribution is 5.92. The molecule has 1 heterocycles. The number of carbonyl (C=O) groups is 1. The van der Waals surface area contributed by atoms with Crippen molar-refractivity contribution >= 4 is 11.6 Å². The molecule has 0 fully saturated rings. The summed E-state index contributed by atoms with van der Waals surface area (Å²) < 4.78 is 5.55. The van der Waals surface area contributed by atoms with Crippen LogP contribution < -0.4 is 9.64 Å². The van der Waals surface area contributed by atoms with Gasteiger partial charge >= 0.3 is 0 Å². The maximum absolute atomic E-state index is 11.9. The van der Waals surface area contributed by atoms with Gasteiger partial charge in [-0.25, -0.2) is 0 Å².